The number of anilines is 1. The molecule has 1 aromatic heterocycles. The van der Waals surface area contributed by atoms with E-state index in [9.17, 15) is 4.79 Å². The summed E-state index contributed by atoms with van der Waals surface area (Å²) in [6.45, 7) is 5.77. The number of nitrogens with one attached hydrogen (secondary N) is 1. The maximum Gasteiger partial charge on any atom is 0.270 e. The highest BCUT2D eigenvalue weighted by Crippen LogP contribution is 2.15. The standard InChI is InChI=1S/C18H24N4O2/c1-14(2)22(13-15-7-5-4-6-8-15)18-20-10-9-16(21-18)17(23)19-11-12-24-3/h4-10,14H,11-13H2,1-3H3,(H,19,23). The van der Waals surface area contributed by atoms with Gasteiger partial charge in [0, 0.05) is 32.4 Å². The Morgan fingerprint density at radius 2 is 2.00 bits per heavy atom. The third-order valence-corrected chi connectivity index (χ3v) is 3.54. The van der Waals surface area contributed by atoms with E-state index in [1.807, 2.05) is 18.2 Å². The largest absolute Gasteiger partial charge is 0.383 e. The van der Waals surface area contributed by atoms with Crippen LogP contribution in [-0.4, -0.2) is 42.2 Å². The van der Waals surface area contributed by atoms with Gasteiger partial charge in [0.15, 0.2) is 0 Å². The van der Waals surface area contributed by atoms with E-state index >= 15 is 0 Å². The minimum atomic E-state index is -0.223. The van der Waals surface area contributed by atoms with Gasteiger partial charge in [-0.25, -0.2) is 9.97 Å². The van der Waals surface area contributed by atoms with Gasteiger partial charge >= 0.3 is 0 Å². The number of ether oxygens (including phenoxy) is 1. The molecule has 1 heterocycles. The van der Waals surface area contributed by atoms with Crippen molar-refractivity contribution < 1.29 is 9.53 Å². The van der Waals surface area contributed by atoms with E-state index in [0.717, 1.165) is 0 Å². The molecule has 1 amide bonds. The van der Waals surface area contributed by atoms with Crippen LogP contribution in [0.15, 0.2) is 42.6 Å². The van der Waals surface area contributed by atoms with Crippen LogP contribution in [0.5, 0.6) is 0 Å². The summed E-state index contributed by atoms with van der Waals surface area (Å²) in [5, 5.41) is 2.77. The smallest absolute Gasteiger partial charge is 0.270 e. The molecule has 0 spiro atoms. The Balaban J connectivity index is 2.15. The van der Waals surface area contributed by atoms with E-state index in [0.29, 0.717) is 31.3 Å². The van der Waals surface area contributed by atoms with Gasteiger partial charge in [-0.2, -0.15) is 0 Å². The lowest BCUT2D eigenvalue weighted by Gasteiger charge is -2.27. The molecule has 0 aliphatic rings. The molecule has 1 aromatic carbocycles. The molecule has 1 N–H and O–H groups in total. The molecule has 0 saturated heterocycles. The van der Waals surface area contributed by atoms with Crippen LogP contribution in [0.1, 0.15) is 29.9 Å². The Labute approximate surface area is 142 Å². The number of benzene rings is 1. The summed E-state index contributed by atoms with van der Waals surface area (Å²) in [6, 6.07) is 12.0. The van der Waals surface area contributed by atoms with Crippen molar-refractivity contribution in [2.45, 2.75) is 26.4 Å². The third-order valence-electron chi connectivity index (χ3n) is 3.54. The van der Waals surface area contributed by atoms with Crippen LogP contribution in [0.2, 0.25) is 0 Å². The van der Waals surface area contributed by atoms with Gasteiger partial charge in [-0.3, -0.25) is 4.79 Å². The third kappa shape index (κ3) is 5.03. The van der Waals surface area contributed by atoms with Gasteiger partial charge in [-0.05, 0) is 25.5 Å². The van der Waals surface area contributed by atoms with Crippen LogP contribution >= 0.6 is 0 Å². The first kappa shape index (κ1) is 17.9. The zero-order chi connectivity index (χ0) is 17.4. The zero-order valence-corrected chi connectivity index (χ0v) is 14.4. The minimum Gasteiger partial charge on any atom is -0.383 e. The second kappa shape index (κ2) is 8.98. The first-order valence-electron chi connectivity index (χ1n) is 8.02. The van der Waals surface area contributed by atoms with Gasteiger partial charge < -0.3 is 15.0 Å². The van der Waals surface area contributed by atoms with Gasteiger partial charge in [0.1, 0.15) is 5.69 Å². The Morgan fingerprint density at radius 3 is 2.67 bits per heavy atom. The van der Waals surface area contributed by atoms with E-state index in [1.165, 1.54) is 5.56 Å². The minimum absolute atomic E-state index is 0.206. The Bertz CT molecular complexity index is 646. The molecule has 128 valence electrons. The first-order chi connectivity index (χ1) is 11.6. The van der Waals surface area contributed by atoms with Crippen LogP contribution in [0.4, 0.5) is 5.95 Å². The monoisotopic (exact) mass is 328 g/mol. The molecule has 0 atom stereocenters. The fraction of sp³-hybridized carbons (Fsp3) is 0.389. The predicted molar refractivity (Wildman–Crippen MR) is 94.0 cm³/mol. The van der Waals surface area contributed by atoms with Crippen LogP contribution in [0.25, 0.3) is 0 Å². The fourth-order valence-corrected chi connectivity index (χ4v) is 2.23. The van der Waals surface area contributed by atoms with E-state index < -0.39 is 0 Å². The highest BCUT2D eigenvalue weighted by molar-refractivity contribution is 5.92. The molecule has 0 aliphatic carbocycles. The molecule has 0 bridgehead atoms. The predicted octanol–water partition coefficient (Wildman–Crippen LogP) is 2.27. The average molecular weight is 328 g/mol. The van der Waals surface area contributed by atoms with Crippen molar-refractivity contribution in [1.29, 1.82) is 0 Å². The molecule has 2 aromatic rings. The first-order valence-corrected chi connectivity index (χ1v) is 8.02. The fourth-order valence-electron chi connectivity index (χ4n) is 2.23. The number of rotatable bonds is 8. The number of methoxy groups -OCH3 is 1. The molecule has 0 saturated carbocycles. The van der Waals surface area contributed by atoms with Crippen LogP contribution in [0, 0.1) is 0 Å². The van der Waals surface area contributed by atoms with E-state index in [-0.39, 0.29) is 11.9 Å². The molecule has 2 rings (SSSR count). The Kier molecular flexibility index (Phi) is 6.69. The van der Waals surface area contributed by atoms with Gasteiger partial charge in [-0.1, -0.05) is 30.3 Å². The zero-order valence-electron chi connectivity index (χ0n) is 14.4. The second-order valence-corrected chi connectivity index (χ2v) is 5.70. The lowest BCUT2D eigenvalue weighted by Crippen LogP contribution is -2.33. The molecular formula is C18H24N4O2. The van der Waals surface area contributed by atoms with Gasteiger partial charge in [-0.15, -0.1) is 0 Å². The second-order valence-electron chi connectivity index (χ2n) is 5.70. The number of carbonyl (C=O) groups is 1. The van der Waals surface area contributed by atoms with Crippen molar-refractivity contribution in [3.63, 3.8) is 0 Å². The van der Waals surface area contributed by atoms with Crippen molar-refractivity contribution >= 4 is 11.9 Å². The number of hydrogen-bond donors (Lipinski definition) is 1. The Hall–Kier alpha value is -2.47. The summed E-state index contributed by atoms with van der Waals surface area (Å²) in [7, 11) is 1.60. The summed E-state index contributed by atoms with van der Waals surface area (Å²) in [4.78, 5) is 23.0. The number of amides is 1. The summed E-state index contributed by atoms with van der Waals surface area (Å²) in [6.07, 6.45) is 1.62. The van der Waals surface area contributed by atoms with Crippen molar-refractivity contribution in [3.05, 3.63) is 53.9 Å². The van der Waals surface area contributed by atoms with Crippen molar-refractivity contribution in [2.75, 3.05) is 25.2 Å². The van der Waals surface area contributed by atoms with Crippen LogP contribution in [-0.2, 0) is 11.3 Å². The normalized spacial score (nSPS) is 10.7. The number of carbonyl (C=O) groups excluding carboxylic acids is 1. The lowest BCUT2D eigenvalue weighted by atomic mass is 10.2. The van der Waals surface area contributed by atoms with Crippen LogP contribution in [0.3, 0.4) is 0 Å². The molecule has 6 heteroatoms. The summed E-state index contributed by atoms with van der Waals surface area (Å²) < 4.78 is 4.93. The lowest BCUT2D eigenvalue weighted by molar-refractivity contribution is 0.0932. The van der Waals surface area contributed by atoms with Crippen molar-refractivity contribution in [2.24, 2.45) is 0 Å². The number of nitrogens with zero attached hydrogens (tertiary/aromatic N) is 3. The van der Waals surface area contributed by atoms with Gasteiger partial charge in [0.2, 0.25) is 5.95 Å². The van der Waals surface area contributed by atoms with Crippen molar-refractivity contribution in [3.8, 4) is 0 Å². The quantitative estimate of drug-likeness (QED) is 0.753. The van der Waals surface area contributed by atoms with Crippen molar-refractivity contribution in [1.82, 2.24) is 15.3 Å². The molecule has 0 fully saturated rings. The maximum atomic E-state index is 12.1. The number of aromatic nitrogens is 2. The Morgan fingerprint density at radius 1 is 1.25 bits per heavy atom. The summed E-state index contributed by atoms with van der Waals surface area (Å²) in [5.41, 5.74) is 1.53. The van der Waals surface area contributed by atoms with Crippen LogP contribution < -0.4 is 10.2 Å². The highest BCUT2D eigenvalue weighted by Gasteiger charge is 2.16. The summed E-state index contributed by atoms with van der Waals surface area (Å²) >= 11 is 0. The van der Waals surface area contributed by atoms with E-state index in [2.05, 4.69) is 46.2 Å². The van der Waals surface area contributed by atoms with Gasteiger partial charge in [0.05, 0.1) is 6.61 Å². The summed E-state index contributed by atoms with van der Waals surface area (Å²) in [5.74, 6) is 0.326. The average Bonchev–Trinajstić information content (AvgIpc) is 2.60. The molecule has 6 nitrogen and oxygen atoms in total. The van der Waals surface area contributed by atoms with E-state index in [1.54, 1.807) is 19.4 Å². The SMILES string of the molecule is COCCNC(=O)c1ccnc(N(Cc2ccccc2)C(C)C)n1. The highest BCUT2D eigenvalue weighted by atomic mass is 16.5. The number of hydrogen-bond acceptors (Lipinski definition) is 5. The molecular weight excluding hydrogens is 304 g/mol. The molecule has 0 unspecified atom stereocenters. The molecule has 24 heavy (non-hydrogen) atoms. The molecule has 0 radical (unpaired) electrons. The molecule has 0 aliphatic heterocycles. The maximum absolute atomic E-state index is 12.1. The van der Waals surface area contributed by atoms with Gasteiger partial charge in [0.25, 0.3) is 5.91 Å². The topological polar surface area (TPSA) is 67.3 Å². The van der Waals surface area contributed by atoms with E-state index in [4.69, 9.17) is 4.74 Å².